The van der Waals surface area contributed by atoms with Gasteiger partial charge in [-0.15, -0.1) is 0 Å². The van der Waals surface area contributed by atoms with Gasteiger partial charge in [0, 0.05) is 12.6 Å². The topological polar surface area (TPSA) is 50.4 Å². The number of nitrogens with two attached hydrogens (primary N) is 1. The summed E-state index contributed by atoms with van der Waals surface area (Å²) < 4.78 is 0. The molecular weight excluding hydrogens is 174 g/mol. The molecule has 76 valence electrons. The van der Waals surface area contributed by atoms with Crippen molar-refractivity contribution in [3.05, 3.63) is 35.4 Å². The quantitative estimate of drug-likeness (QED) is 0.323. The van der Waals surface area contributed by atoms with E-state index in [4.69, 9.17) is 5.84 Å². The summed E-state index contributed by atoms with van der Waals surface area (Å²) in [7, 11) is 1.71. The van der Waals surface area contributed by atoms with Crippen molar-refractivity contribution in [2.24, 2.45) is 10.8 Å². The van der Waals surface area contributed by atoms with Gasteiger partial charge >= 0.3 is 0 Å². The van der Waals surface area contributed by atoms with Gasteiger partial charge in [-0.05, 0) is 11.5 Å². The number of nitrogens with zero attached hydrogens (tertiary/aromatic N) is 1. The molecule has 0 aliphatic heterocycles. The number of hydrogen-bond acceptors (Lipinski definition) is 2. The molecule has 0 amide bonds. The van der Waals surface area contributed by atoms with E-state index in [1.54, 1.807) is 7.05 Å². The molecular formula is C11H17N3. The summed E-state index contributed by atoms with van der Waals surface area (Å²) in [4.78, 5) is 4.03. The highest BCUT2D eigenvalue weighted by molar-refractivity contribution is 5.98. The Morgan fingerprint density at radius 1 is 1.29 bits per heavy atom. The second-order valence-corrected chi connectivity index (χ2v) is 3.49. The van der Waals surface area contributed by atoms with Crippen molar-refractivity contribution in [2.45, 2.75) is 19.8 Å². The molecule has 0 aromatic heterocycles. The van der Waals surface area contributed by atoms with E-state index in [1.165, 1.54) is 5.56 Å². The molecule has 0 heterocycles. The zero-order valence-electron chi connectivity index (χ0n) is 8.91. The molecule has 3 heteroatoms. The third kappa shape index (κ3) is 2.33. The first-order chi connectivity index (χ1) is 6.69. The lowest BCUT2D eigenvalue weighted by Gasteiger charge is -2.08. The minimum absolute atomic E-state index is 0.553. The molecule has 14 heavy (non-hydrogen) atoms. The van der Waals surface area contributed by atoms with Gasteiger partial charge in [0.25, 0.3) is 0 Å². The van der Waals surface area contributed by atoms with Crippen molar-refractivity contribution in [1.82, 2.24) is 5.43 Å². The average molecular weight is 191 g/mol. The summed E-state index contributed by atoms with van der Waals surface area (Å²) in [6.07, 6.45) is 0. The Kier molecular flexibility index (Phi) is 3.65. The lowest BCUT2D eigenvalue weighted by Crippen LogP contribution is -2.30. The second-order valence-electron chi connectivity index (χ2n) is 3.49. The third-order valence-electron chi connectivity index (χ3n) is 2.21. The maximum atomic E-state index is 5.33. The molecule has 1 aromatic carbocycles. The largest absolute Gasteiger partial charge is 0.308 e. The van der Waals surface area contributed by atoms with Crippen LogP contribution < -0.4 is 11.3 Å². The Labute approximate surface area is 85.0 Å². The molecule has 0 radical (unpaired) electrons. The Hall–Kier alpha value is -1.35. The summed E-state index contributed by atoms with van der Waals surface area (Å²) >= 11 is 0. The minimum atomic E-state index is 0.553. The molecule has 0 fully saturated rings. The van der Waals surface area contributed by atoms with E-state index >= 15 is 0 Å². The van der Waals surface area contributed by atoms with Crippen molar-refractivity contribution in [2.75, 3.05) is 7.05 Å². The van der Waals surface area contributed by atoms with E-state index in [-0.39, 0.29) is 0 Å². The monoisotopic (exact) mass is 191 g/mol. The fraction of sp³-hybridized carbons (Fsp3) is 0.364. The van der Waals surface area contributed by atoms with Crippen LogP contribution in [0.2, 0.25) is 0 Å². The molecule has 1 aromatic rings. The van der Waals surface area contributed by atoms with E-state index < -0.39 is 0 Å². The highest BCUT2D eigenvalue weighted by Gasteiger charge is 2.02. The van der Waals surface area contributed by atoms with Gasteiger partial charge in [-0.1, -0.05) is 38.1 Å². The Morgan fingerprint density at radius 2 is 1.86 bits per heavy atom. The third-order valence-corrected chi connectivity index (χ3v) is 2.21. The maximum absolute atomic E-state index is 5.33. The number of amidine groups is 1. The van der Waals surface area contributed by atoms with Crippen LogP contribution in [0.25, 0.3) is 0 Å². The Morgan fingerprint density at radius 3 is 2.21 bits per heavy atom. The summed E-state index contributed by atoms with van der Waals surface area (Å²) in [5.41, 5.74) is 4.90. The summed E-state index contributed by atoms with van der Waals surface area (Å²) in [6, 6.07) is 8.25. The van der Waals surface area contributed by atoms with E-state index in [0.717, 1.165) is 5.56 Å². The highest BCUT2D eigenvalue weighted by Crippen LogP contribution is 2.14. The zero-order valence-corrected chi connectivity index (χ0v) is 8.91. The number of benzene rings is 1. The fourth-order valence-corrected chi connectivity index (χ4v) is 1.30. The molecule has 0 aliphatic rings. The number of rotatable bonds is 2. The van der Waals surface area contributed by atoms with Crippen LogP contribution in [0.15, 0.2) is 29.3 Å². The van der Waals surface area contributed by atoms with Crippen LogP contribution in [-0.4, -0.2) is 12.9 Å². The van der Waals surface area contributed by atoms with Crippen LogP contribution in [0.5, 0.6) is 0 Å². The minimum Gasteiger partial charge on any atom is -0.308 e. The van der Waals surface area contributed by atoms with Crippen LogP contribution in [0.4, 0.5) is 0 Å². The number of nitrogens with one attached hydrogen (secondary N) is 1. The average Bonchev–Trinajstić information content (AvgIpc) is 2.20. The van der Waals surface area contributed by atoms with Gasteiger partial charge in [0.05, 0.1) is 0 Å². The molecule has 1 rings (SSSR count). The van der Waals surface area contributed by atoms with Gasteiger partial charge in [0.15, 0.2) is 0 Å². The predicted molar refractivity (Wildman–Crippen MR) is 60.3 cm³/mol. The number of hydrogen-bond donors (Lipinski definition) is 2. The van der Waals surface area contributed by atoms with Crippen molar-refractivity contribution in [3.63, 3.8) is 0 Å². The summed E-state index contributed by atoms with van der Waals surface area (Å²) in [5, 5.41) is 0. The van der Waals surface area contributed by atoms with E-state index in [9.17, 15) is 0 Å². The smallest absolute Gasteiger partial charge is 0.142 e. The SMILES string of the molecule is CN=C(NN)c1ccc(C(C)C)cc1. The predicted octanol–water partition coefficient (Wildman–Crippen LogP) is 1.65. The normalized spacial score (nSPS) is 11.9. The van der Waals surface area contributed by atoms with Gasteiger partial charge in [-0.3, -0.25) is 4.99 Å². The molecule has 0 unspecified atom stereocenters. The Balaban J connectivity index is 2.93. The van der Waals surface area contributed by atoms with Gasteiger partial charge < -0.3 is 5.43 Å². The fourth-order valence-electron chi connectivity index (χ4n) is 1.30. The van der Waals surface area contributed by atoms with Crippen LogP contribution in [0.3, 0.4) is 0 Å². The maximum Gasteiger partial charge on any atom is 0.142 e. The number of hydrazine groups is 1. The summed E-state index contributed by atoms with van der Waals surface area (Å²) in [5.74, 6) is 6.59. The molecule has 0 bridgehead atoms. The number of aliphatic imine (C=N–C) groups is 1. The molecule has 0 aliphatic carbocycles. The molecule has 3 nitrogen and oxygen atoms in total. The van der Waals surface area contributed by atoms with E-state index in [0.29, 0.717) is 11.8 Å². The van der Waals surface area contributed by atoms with Crippen LogP contribution in [0.1, 0.15) is 30.9 Å². The van der Waals surface area contributed by atoms with Crippen molar-refractivity contribution < 1.29 is 0 Å². The lowest BCUT2D eigenvalue weighted by atomic mass is 10.0. The van der Waals surface area contributed by atoms with Gasteiger partial charge in [0.2, 0.25) is 0 Å². The van der Waals surface area contributed by atoms with Gasteiger partial charge in [0.1, 0.15) is 5.84 Å². The first kappa shape index (κ1) is 10.7. The van der Waals surface area contributed by atoms with Gasteiger partial charge in [-0.2, -0.15) is 0 Å². The van der Waals surface area contributed by atoms with Crippen molar-refractivity contribution in [3.8, 4) is 0 Å². The summed E-state index contributed by atoms with van der Waals surface area (Å²) in [6.45, 7) is 4.34. The van der Waals surface area contributed by atoms with E-state index in [2.05, 4.69) is 36.4 Å². The molecule has 3 N–H and O–H groups in total. The first-order valence-corrected chi connectivity index (χ1v) is 4.72. The van der Waals surface area contributed by atoms with Crippen LogP contribution in [0, 0.1) is 0 Å². The molecule has 0 saturated heterocycles. The van der Waals surface area contributed by atoms with Crippen LogP contribution in [-0.2, 0) is 0 Å². The lowest BCUT2D eigenvalue weighted by molar-refractivity contribution is 0.866. The van der Waals surface area contributed by atoms with Gasteiger partial charge in [-0.25, -0.2) is 5.84 Å². The molecule has 0 saturated carbocycles. The molecule has 0 spiro atoms. The first-order valence-electron chi connectivity index (χ1n) is 4.72. The second kappa shape index (κ2) is 4.77. The van der Waals surface area contributed by atoms with Crippen LogP contribution >= 0.6 is 0 Å². The molecule has 0 atom stereocenters. The highest BCUT2D eigenvalue weighted by atomic mass is 15.2. The van der Waals surface area contributed by atoms with E-state index in [1.807, 2.05) is 12.1 Å². The standard InChI is InChI=1S/C11H17N3/c1-8(2)9-4-6-10(7-5-9)11(13-3)14-12/h4-8H,12H2,1-3H3,(H,13,14). The van der Waals surface area contributed by atoms with Crippen molar-refractivity contribution >= 4 is 5.84 Å². The Bertz CT molecular complexity index is 312. The van der Waals surface area contributed by atoms with Crippen molar-refractivity contribution in [1.29, 1.82) is 0 Å². The zero-order chi connectivity index (χ0) is 10.6.